The third kappa shape index (κ3) is 4.89. The number of amides is 2. The van der Waals surface area contributed by atoms with Gasteiger partial charge in [-0.15, -0.1) is 0 Å². The summed E-state index contributed by atoms with van der Waals surface area (Å²) in [5, 5.41) is 0. The van der Waals surface area contributed by atoms with Crippen molar-refractivity contribution in [3.63, 3.8) is 0 Å². The number of esters is 1. The van der Waals surface area contributed by atoms with Crippen molar-refractivity contribution in [3.05, 3.63) is 71.3 Å². The Morgan fingerprint density at radius 3 is 2.03 bits per heavy atom. The SMILES string of the molecule is O=C(C=Cc1ccc(S(=O)(=O)N2CCCCCC2)cc1)OCN1C(=O)c2ccccc2C1=O. The fraction of sp³-hybridized carbons (Fsp3) is 0.292. The van der Waals surface area contributed by atoms with Crippen molar-refractivity contribution in [1.29, 1.82) is 0 Å². The van der Waals surface area contributed by atoms with Crippen LogP contribution in [0.15, 0.2) is 59.5 Å². The van der Waals surface area contributed by atoms with Crippen LogP contribution in [-0.2, 0) is 19.6 Å². The molecule has 2 aromatic carbocycles. The second-order valence-electron chi connectivity index (χ2n) is 7.90. The Labute approximate surface area is 192 Å². The summed E-state index contributed by atoms with van der Waals surface area (Å²) in [6.07, 6.45) is 6.45. The summed E-state index contributed by atoms with van der Waals surface area (Å²) in [6, 6.07) is 12.7. The van der Waals surface area contributed by atoms with E-state index in [9.17, 15) is 22.8 Å². The highest BCUT2D eigenvalue weighted by molar-refractivity contribution is 7.89. The van der Waals surface area contributed by atoms with Crippen LogP contribution in [0.5, 0.6) is 0 Å². The van der Waals surface area contributed by atoms with Crippen molar-refractivity contribution in [2.45, 2.75) is 30.6 Å². The number of carbonyl (C=O) groups is 3. The maximum absolute atomic E-state index is 12.8. The molecule has 4 rings (SSSR count). The third-order valence-electron chi connectivity index (χ3n) is 5.71. The Hall–Kier alpha value is -3.30. The molecule has 0 spiro atoms. The van der Waals surface area contributed by atoms with Crippen LogP contribution in [0, 0.1) is 0 Å². The molecule has 0 bridgehead atoms. The van der Waals surface area contributed by atoms with Gasteiger partial charge in [-0.05, 0) is 48.7 Å². The number of imide groups is 1. The van der Waals surface area contributed by atoms with Gasteiger partial charge in [0.25, 0.3) is 11.8 Å². The van der Waals surface area contributed by atoms with Gasteiger partial charge in [0.2, 0.25) is 10.0 Å². The first kappa shape index (κ1) is 22.9. The van der Waals surface area contributed by atoms with E-state index in [1.807, 2.05) is 0 Å². The monoisotopic (exact) mass is 468 g/mol. The maximum atomic E-state index is 12.8. The summed E-state index contributed by atoms with van der Waals surface area (Å²) in [7, 11) is -3.54. The van der Waals surface area contributed by atoms with E-state index in [2.05, 4.69) is 0 Å². The second-order valence-corrected chi connectivity index (χ2v) is 9.83. The Morgan fingerprint density at radius 1 is 0.879 bits per heavy atom. The van der Waals surface area contributed by atoms with Crippen molar-refractivity contribution in [3.8, 4) is 0 Å². The third-order valence-corrected chi connectivity index (χ3v) is 7.62. The van der Waals surface area contributed by atoms with Crippen LogP contribution in [0.3, 0.4) is 0 Å². The van der Waals surface area contributed by atoms with Gasteiger partial charge in [0.15, 0.2) is 6.73 Å². The van der Waals surface area contributed by atoms with E-state index in [4.69, 9.17) is 4.74 Å². The van der Waals surface area contributed by atoms with E-state index in [1.165, 1.54) is 22.5 Å². The molecule has 2 heterocycles. The lowest BCUT2D eigenvalue weighted by atomic mass is 10.1. The van der Waals surface area contributed by atoms with Crippen molar-refractivity contribution in [2.24, 2.45) is 0 Å². The lowest BCUT2D eigenvalue weighted by Gasteiger charge is -2.19. The van der Waals surface area contributed by atoms with E-state index in [0.29, 0.717) is 18.7 Å². The van der Waals surface area contributed by atoms with Gasteiger partial charge in [0, 0.05) is 19.2 Å². The molecule has 33 heavy (non-hydrogen) atoms. The van der Waals surface area contributed by atoms with E-state index in [0.717, 1.165) is 36.7 Å². The van der Waals surface area contributed by atoms with Crippen LogP contribution in [0.1, 0.15) is 52.0 Å². The standard InChI is InChI=1S/C24H24N2O6S/c27-22(32-17-26-23(28)20-7-3-4-8-21(20)24(26)29)14-11-18-9-12-19(13-10-18)33(30,31)25-15-5-1-2-6-16-25/h3-4,7-14H,1-2,5-6,15-17H2. The Balaban J connectivity index is 1.34. The van der Waals surface area contributed by atoms with Crippen molar-refractivity contribution in [2.75, 3.05) is 19.8 Å². The molecule has 0 atom stereocenters. The summed E-state index contributed by atoms with van der Waals surface area (Å²) in [4.78, 5) is 37.7. The average Bonchev–Trinajstić information content (AvgIpc) is 3.01. The van der Waals surface area contributed by atoms with Crippen molar-refractivity contribution >= 4 is 33.9 Å². The first-order valence-electron chi connectivity index (χ1n) is 10.8. The first-order valence-corrected chi connectivity index (χ1v) is 12.2. The minimum atomic E-state index is -3.54. The van der Waals surface area contributed by atoms with Gasteiger partial charge in [-0.3, -0.25) is 9.59 Å². The van der Waals surface area contributed by atoms with Crippen molar-refractivity contribution in [1.82, 2.24) is 9.21 Å². The zero-order chi connectivity index (χ0) is 23.4. The second kappa shape index (κ2) is 9.68. The summed E-state index contributed by atoms with van der Waals surface area (Å²) in [6.45, 7) is 0.578. The molecular weight excluding hydrogens is 444 g/mol. The minimum Gasteiger partial charge on any atom is -0.441 e. The summed E-state index contributed by atoms with van der Waals surface area (Å²) in [5.41, 5.74) is 1.18. The lowest BCUT2D eigenvalue weighted by Crippen LogP contribution is -2.33. The fourth-order valence-electron chi connectivity index (χ4n) is 3.88. The molecule has 0 N–H and O–H groups in total. The number of benzene rings is 2. The molecule has 2 aromatic rings. The van der Waals surface area contributed by atoms with Gasteiger partial charge in [0.05, 0.1) is 16.0 Å². The van der Waals surface area contributed by atoms with E-state index in [1.54, 1.807) is 36.4 Å². The molecule has 0 aliphatic carbocycles. The smallest absolute Gasteiger partial charge is 0.332 e. The molecule has 2 amide bonds. The number of hydrogen-bond donors (Lipinski definition) is 0. The van der Waals surface area contributed by atoms with Crippen LogP contribution in [-0.4, -0.2) is 55.2 Å². The average molecular weight is 469 g/mol. The van der Waals surface area contributed by atoms with E-state index in [-0.39, 0.29) is 16.0 Å². The first-order chi connectivity index (χ1) is 15.9. The minimum absolute atomic E-state index is 0.217. The molecule has 8 nitrogen and oxygen atoms in total. The molecule has 9 heteroatoms. The number of sulfonamides is 1. The highest BCUT2D eigenvalue weighted by atomic mass is 32.2. The molecule has 2 aliphatic rings. The van der Waals surface area contributed by atoms with Gasteiger partial charge in [-0.25, -0.2) is 18.1 Å². The zero-order valence-corrected chi connectivity index (χ0v) is 18.8. The number of carbonyl (C=O) groups excluding carboxylic acids is 3. The van der Waals surface area contributed by atoms with E-state index < -0.39 is 34.5 Å². The molecule has 0 radical (unpaired) electrons. The Bertz CT molecular complexity index is 1160. The molecule has 1 saturated heterocycles. The highest BCUT2D eigenvalue weighted by Gasteiger charge is 2.35. The van der Waals surface area contributed by atoms with Gasteiger partial charge >= 0.3 is 5.97 Å². The number of rotatable bonds is 6. The number of ether oxygens (including phenoxy) is 1. The van der Waals surface area contributed by atoms with Crippen molar-refractivity contribution < 1.29 is 27.5 Å². The molecule has 0 unspecified atom stereocenters. The van der Waals surface area contributed by atoms with Gasteiger partial charge < -0.3 is 4.74 Å². The van der Waals surface area contributed by atoms with Crippen LogP contribution >= 0.6 is 0 Å². The molecular formula is C24H24N2O6S. The van der Waals surface area contributed by atoms with Crippen LogP contribution in [0.4, 0.5) is 0 Å². The topological polar surface area (TPSA) is 101 Å². The van der Waals surface area contributed by atoms with Crippen LogP contribution < -0.4 is 0 Å². The van der Waals surface area contributed by atoms with Gasteiger partial charge in [0.1, 0.15) is 0 Å². The Kier molecular flexibility index (Phi) is 6.71. The predicted octanol–water partition coefficient (Wildman–Crippen LogP) is 3.06. The van der Waals surface area contributed by atoms with E-state index >= 15 is 0 Å². The molecule has 172 valence electrons. The number of nitrogens with zero attached hydrogens (tertiary/aromatic N) is 2. The Morgan fingerprint density at radius 2 is 1.45 bits per heavy atom. The quantitative estimate of drug-likeness (QED) is 0.367. The summed E-state index contributed by atoms with van der Waals surface area (Å²) >= 11 is 0. The normalized spacial score (nSPS) is 17.3. The predicted molar refractivity (Wildman–Crippen MR) is 121 cm³/mol. The fourth-order valence-corrected chi connectivity index (χ4v) is 5.40. The molecule has 2 aliphatic heterocycles. The summed E-state index contributed by atoms with van der Waals surface area (Å²) in [5.74, 6) is -1.74. The maximum Gasteiger partial charge on any atom is 0.332 e. The van der Waals surface area contributed by atoms with Crippen LogP contribution in [0.2, 0.25) is 0 Å². The highest BCUT2D eigenvalue weighted by Crippen LogP contribution is 2.23. The number of fused-ring (bicyclic) bond motifs is 1. The van der Waals surface area contributed by atoms with Gasteiger partial charge in [-0.1, -0.05) is 37.1 Å². The largest absolute Gasteiger partial charge is 0.441 e. The molecule has 0 saturated carbocycles. The number of hydrogen-bond acceptors (Lipinski definition) is 6. The zero-order valence-electron chi connectivity index (χ0n) is 18.0. The molecule has 1 fully saturated rings. The summed E-state index contributed by atoms with van der Waals surface area (Å²) < 4.78 is 32.2. The van der Waals surface area contributed by atoms with Crippen LogP contribution in [0.25, 0.3) is 6.08 Å². The molecule has 0 aromatic heterocycles. The van der Waals surface area contributed by atoms with Gasteiger partial charge in [-0.2, -0.15) is 4.31 Å². The lowest BCUT2D eigenvalue weighted by molar-refractivity contribution is -0.140.